The van der Waals surface area contributed by atoms with Gasteiger partial charge in [0.05, 0.1) is 30.6 Å². The van der Waals surface area contributed by atoms with Gasteiger partial charge < -0.3 is 20.1 Å². The maximum Gasteiger partial charge on any atom is 0.185 e. The zero-order valence-corrected chi connectivity index (χ0v) is 21.3. The minimum Gasteiger partial charge on any atom is -0.507 e. The molecule has 2 bridgehead atoms. The quantitative estimate of drug-likeness (QED) is 0.548. The summed E-state index contributed by atoms with van der Waals surface area (Å²) in [7, 11) is 3.42. The van der Waals surface area contributed by atoms with E-state index in [1.807, 2.05) is 25.8 Å². The van der Waals surface area contributed by atoms with Gasteiger partial charge in [-0.3, -0.25) is 0 Å². The van der Waals surface area contributed by atoms with Crippen molar-refractivity contribution in [3.05, 3.63) is 36.2 Å². The van der Waals surface area contributed by atoms with Crippen molar-refractivity contribution in [2.75, 3.05) is 19.1 Å². The maximum absolute atomic E-state index is 15.6. The number of fused-ring (bicyclic) bond motifs is 2. The number of nitrogens with one attached hydrogen (secondary N) is 1. The van der Waals surface area contributed by atoms with Crippen molar-refractivity contribution < 1.29 is 14.2 Å². The Morgan fingerprint density at radius 2 is 1.94 bits per heavy atom. The van der Waals surface area contributed by atoms with E-state index in [1.165, 1.54) is 0 Å². The van der Waals surface area contributed by atoms with E-state index in [2.05, 4.69) is 37.6 Å². The number of piperidine rings is 2. The molecule has 2 N–H and O–H groups in total. The number of aryl methyl sites for hydroxylation is 1. The lowest BCUT2D eigenvalue weighted by Gasteiger charge is -2.56. The number of anilines is 1. The van der Waals surface area contributed by atoms with Crippen LogP contribution in [0.4, 0.5) is 10.2 Å². The molecule has 0 radical (unpaired) electrons. The molecule has 0 spiro atoms. The number of phenols is 1. The number of methoxy groups -OCH3 is 1. The minimum atomic E-state index is -1.04. The predicted molar refractivity (Wildman–Crippen MR) is 135 cm³/mol. The summed E-state index contributed by atoms with van der Waals surface area (Å²) in [5, 5.41) is 31.1. The third-order valence-corrected chi connectivity index (χ3v) is 7.71. The summed E-state index contributed by atoms with van der Waals surface area (Å²) in [5.41, 5.74) is 1.72. The number of phenolic OH excluding ortho intramolecular Hbond substituents is 1. The third-order valence-electron chi connectivity index (χ3n) is 7.71. The van der Waals surface area contributed by atoms with E-state index in [4.69, 9.17) is 4.74 Å². The first-order chi connectivity index (χ1) is 17.1. The molecule has 2 aliphatic heterocycles. The highest BCUT2D eigenvalue weighted by atomic mass is 19.1. The molecule has 1 aromatic carbocycles. The smallest absolute Gasteiger partial charge is 0.185 e. The number of benzene rings is 1. The standard InChI is InChI=1S/C26H32FN7O2/c1-15-21(36-5)12-18(30-29-15)16-7-8-17(20(35)11-16)24-28-14-22(31-32-24)34(4)19-13-25(2)9-6-10-26(3,33-25)23(19)27/h7-8,11-12,14,19,23,33,35H,6,9-10,13H2,1-5H3/t19-,23-,25-,26+/m1/s1. The van der Waals surface area contributed by atoms with Crippen molar-refractivity contribution in [2.45, 2.75) is 69.7 Å². The second-order valence-electron chi connectivity index (χ2n) is 10.5. The maximum atomic E-state index is 15.6. The molecular weight excluding hydrogens is 461 g/mol. The Morgan fingerprint density at radius 3 is 2.64 bits per heavy atom. The molecule has 10 heteroatoms. The fourth-order valence-electron chi connectivity index (χ4n) is 5.73. The van der Waals surface area contributed by atoms with Crippen LogP contribution < -0.4 is 15.0 Å². The number of hydrogen-bond acceptors (Lipinski definition) is 9. The molecule has 0 aliphatic carbocycles. The van der Waals surface area contributed by atoms with E-state index >= 15 is 4.39 Å². The molecule has 2 aliphatic rings. The van der Waals surface area contributed by atoms with Gasteiger partial charge in [-0.1, -0.05) is 6.07 Å². The monoisotopic (exact) mass is 493 g/mol. The average Bonchev–Trinajstić information content (AvgIpc) is 2.86. The van der Waals surface area contributed by atoms with Gasteiger partial charge in [0, 0.05) is 29.8 Å². The van der Waals surface area contributed by atoms with Crippen molar-refractivity contribution in [3.63, 3.8) is 0 Å². The van der Waals surface area contributed by atoms with Gasteiger partial charge in [-0.15, -0.1) is 15.3 Å². The third kappa shape index (κ3) is 4.23. The van der Waals surface area contributed by atoms with Gasteiger partial charge in [0.25, 0.3) is 0 Å². The van der Waals surface area contributed by atoms with Gasteiger partial charge >= 0.3 is 0 Å². The van der Waals surface area contributed by atoms with Crippen molar-refractivity contribution in [2.24, 2.45) is 0 Å². The molecule has 5 rings (SSSR count). The molecule has 3 aromatic rings. The Labute approximate surface area is 210 Å². The first-order valence-corrected chi connectivity index (χ1v) is 12.2. The van der Waals surface area contributed by atoms with Crippen LogP contribution in [0, 0.1) is 6.92 Å². The average molecular weight is 494 g/mol. The summed E-state index contributed by atoms with van der Waals surface area (Å²) in [5.74, 6) is 1.39. The van der Waals surface area contributed by atoms with E-state index in [1.54, 1.807) is 37.6 Å². The first-order valence-electron chi connectivity index (χ1n) is 12.2. The largest absolute Gasteiger partial charge is 0.507 e. The number of aromatic hydroxyl groups is 1. The molecule has 2 aromatic heterocycles. The molecule has 4 heterocycles. The lowest BCUT2D eigenvalue weighted by molar-refractivity contribution is 0.00193. The van der Waals surface area contributed by atoms with Crippen molar-refractivity contribution in [3.8, 4) is 34.1 Å². The van der Waals surface area contributed by atoms with Crippen LogP contribution in [0.5, 0.6) is 11.5 Å². The minimum absolute atomic E-state index is 0.00685. The molecule has 2 fully saturated rings. The van der Waals surface area contributed by atoms with Crippen LogP contribution in [0.2, 0.25) is 0 Å². The van der Waals surface area contributed by atoms with E-state index in [-0.39, 0.29) is 23.2 Å². The highest BCUT2D eigenvalue weighted by Crippen LogP contribution is 2.43. The number of halogens is 1. The molecule has 0 unspecified atom stereocenters. The van der Waals surface area contributed by atoms with E-state index in [9.17, 15) is 5.11 Å². The lowest BCUT2D eigenvalue weighted by atomic mass is 9.68. The summed E-state index contributed by atoms with van der Waals surface area (Å²) in [6, 6.07) is 6.55. The molecule has 2 saturated heterocycles. The van der Waals surface area contributed by atoms with Gasteiger partial charge in [-0.2, -0.15) is 5.10 Å². The van der Waals surface area contributed by atoms with Crippen LogP contribution in [-0.4, -0.2) is 67.9 Å². The summed E-state index contributed by atoms with van der Waals surface area (Å²) in [6.07, 6.45) is 4.09. The van der Waals surface area contributed by atoms with Crippen LogP contribution in [0.25, 0.3) is 22.6 Å². The zero-order chi connectivity index (χ0) is 25.7. The van der Waals surface area contributed by atoms with Gasteiger partial charge in [0.15, 0.2) is 11.6 Å². The van der Waals surface area contributed by atoms with Crippen LogP contribution in [0.1, 0.15) is 45.2 Å². The number of aromatic nitrogens is 5. The highest BCUT2D eigenvalue weighted by Gasteiger charge is 2.53. The number of ether oxygens (including phenoxy) is 1. The molecule has 190 valence electrons. The molecule has 0 saturated carbocycles. The second kappa shape index (κ2) is 8.92. The fourth-order valence-corrected chi connectivity index (χ4v) is 5.73. The molecule has 9 nitrogen and oxygen atoms in total. The zero-order valence-electron chi connectivity index (χ0n) is 21.3. The van der Waals surface area contributed by atoms with Gasteiger partial charge in [0.2, 0.25) is 0 Å². The summed E-state index contributed by atoms with van der Waals surface area (Å²) in [6.45, 7) is 5.97. The second-order valence-corrected chi connectivity index (χ2v) is 10.5. The van der Waals surface area contributed by atoms with Crippen molar-refractivity contribution >= 4 is 5.82 Å². The summed E-state index contributed by atoms with van der Waals surface area (Å²) < 4.78 is 21.0. The van der Waals surface area contributed by atoms with Crippen LogP contribution in [0.3, 0.4) is 0 Å². The number of nitrogens with zero attached hydrogens (tertiary/aromatic N) is 6. The molecular formula is C26H32FN7O2. The Hall–Kier alpha value is -3.40. The Morgan fingerprint density at radius 1 is 1.14 bits per heavy atom. The lowest BCUT2D eigenvalue weighted by Crippen LogP contribution is -2.72. The van der Waals surface area contributed by atoms with Crippen LogP contribution in [-0.2, 0) is 0 Å². The fraction of sp³-hybridized carbons (Fsp3) is 0.500. The van der Waals surface area contributed by atoms with E-state index < -0.39 is 11.7 Å². The Kier molecular flexibility index (Phi) is 6.02. The van der Waals surface area contributed by atoms with Gasteiger partial charge in [-0.25, -0.2) is 9.37 Å². The SMILES string of the molecule is COc1cc(-c2ccc(-c3ncc(N(C)[C@@H]4C[C@@]5(C)CCC[C@](C)(N5)[C@@H]4F)nn3)c(O)c2)nnc1C. The summed E-state index contributed by atoms with van der Waals surface area (Å²) in [4.78, 5) is 6.29. The number of rotatable bonds is 5. The van der Waals surface area contributed by atoms with E-state index in [0.717, 1.165) is 19.3 Å². The molecule has 0 amide bonds. The first kappa shape index (κ1) is 24.3. The van der Waals surface area contributed by atoms with Gasteiger partial charge in [-0.05, 0) is 58.6 Å². The highest BCUT2D eigenvalue weighted by molar-refractivity contribution is 5.71. The van der Waals surface area contributed by atoms with E-state index in [0.29, 0.717) is 40.5 Å². The predicted octanol–water partition coefficient (Wildman–Crippen LogP) is 3.86. The van der Waals surface area contributed by atoms with Crippen molar-refractivity contribution in [1.82, 2.24) is 30.7 Å². The normalized spacial score (nSPS) is 27.5. The van der Waals surface area contributed by atoms with Crippen LogP contribution >= 0.6 is 0 Å². The molecule has 36 heavy (non-hydrogen) atoms. The van der Waals surface area contributed by atoms with Gasteiger partial charge in [0.1, 0.15) is 23.4 Å². The van der Waals surface area contributed by atoms with Crippen molar-refractivity contribution in [1.29, 1.82) is 0 Å². The summed E-state index contributed by atoms with van der Waals surface area (Å²) >= 11 is 0. The number of hydrogen-bond donors (Lipinski definition) is 2. The van der Waals surface area contributed by atoms with Crippen LogP contribution in [0.15, 0.2) is 30.5 Å². The topological polar surface area (TPSA) is 109 Å². The molecule has 4 atom stereocenters. The Bertz CT molecular complexity index is 1270. The number of alkyl halides is 1. The Balaban J connectivity index is 1.37.